The summed E-state index contributed by atoms with van der Waals surface area (Å²) in [5.41, 5.74) is 6.05. The molecule has 0 saturated heterocycles. The van der Waals surface area contributed by atoms with Crippen LogP contribution >= 0.6 is 0 Å². The molecule has 1 aromatic rings. The second-order valence-corrected chi connectivity index (χ2v) is 4.68. The third kappa shape index (κ3) is 4.59. The predicted molar refractivity (Wildman–Crippen MR) is 70.3 cm³/mol. The lowest BCUT2D eigenvalue weighted by atomic mass is 10.1. The van der Waals surface area contributed by atoms with Gasteiger partial charge < -0.3 is 10.6 Å². The molecule has 0 aliphatic carbocycles. The second kappa shape index (κ2) is 7.19. The normalized spacial score (nSPS) is 12.3. The molecule has 0 aromatic heterocycles. The monoisotopic (exact) mass is 270 g/mol. The van der Waals surface area contributed by atoms with E-state index < -0.39 is 17.7 Å². The van der Waals surface area contributed by atoms with Crippen LogP contribution in [0.1, 0.15) is 31.7 Å². The number of unbranched alkanes of at least 4 members (excludes halogenated alkanes) is 1. The third-order valence-electron chi connectivity index (χ3n) is 2.98. The lowest BCUT2D eigenvalue weighted by Gasteiger charge is -2.21. The van der Waals surface area contributed by atoms with Crippen molar-refractivity contribution in [2.24, 2.45) is 5.73 Å². The van der Waals surface area contributed by atoms with Gasteiger partial charge in [0.05, 0.1) is 6.04 Å². The number of hydrogen-bond acceptors (Lipinski definition) is 2. The topological polar surface area (TPSA) is 46.3 Å². The Morgan fingerprint density at radius 1 is 1.42 bits per heavy atom. The van der Waals surface area contributed by atoms with Gasteiger partial charge in [-0.2, -0.15) is 0 Å². The van der Waals surface area contributed by atoms with Crippen molar-refractivity contribution in [1.82, 2.24) is 4.90 Å². The molecule has 19 heavy (non-hydrogen) atoms. The lowest BCUT2D eigenvalue weighted by Crippen LogP contribution is -2.41. The molecule has 5 heteroatoms. The van der Waals surface area contributed by atoms with E-state index in [9.17, 15) is 13.6 Å². The van der Waals surface area contributed by atoms with Crippen molar-refractivity contribution in [3.63, 3.8) is 0 Å². The minimum absolute atomic E-state index is 0.0881. The van der Waals surface area contributed by atoms with Gasteiger partial charge in [-0.1, -0.05) is 25.8 Å². The summed E-state index contributed by atoms with van der Waals surface area (Å²) in [5.74, 6) is -1.51. The highest BCUT2D eigenvalue weighted by Crippen LogP contribution is 2.12. The molecule has 0 spiro atoms. The number of rotatable bonds is 6. The van der Waals surface area contributed by atoms with Crippen molar-refractivity contribution in [1.29, 1.82) is 0 Å². The molecule has 0 heterocycles. The summed E-state index contributed by atoms with van der Waals surface area (Å²) in [6.07, 6.45) is 2.47. The van der Waals surface area contributed by atoms with E-state index in [1.807, 2.05) is 6.92 Å². The molecular weight excluding hydrogens is 250 g/mol. The quantitative estimate of drug-likeness (QED) is 0.863. The SMILES string of the molecule is CCCC[C@H](N)C(=O)N(C)Cc1ccc(F)cc1F. The van der Waals surface area contributed by atoms with E-state index >= 15 is 0 Å². The Bertz CT molecular complexity index is 437. The highest BCUT2D eigenvalue weighted by atomic mass is 19.1. The average molecular weight is 270 g/mol. The summed E-state index contributed by atoms with van der Waals surface area (Å²) >= 11 is 0. The molecule has 3 nitrogen and oxygen atoms in total. The summed E-state index contributed by atoms with van der Waals surface area (Å²) in [5, 5.41) is 0. The summed E-state index contributed by atoms with van der Waals surface area (Å²) in [6.45, 7) is 2.11. The Labute approximate surface area is 112 Å². The zero-order chi connectivity index (χ0) is 14.4. The molecule has 0 unspecified atom stereocenters. The van der Waals surface area contributed by atoms with Gasteiger partial charge in [-0.3, -0.25) is 4.79 Å². The molecule has 1 amide bonds. The molecular formula is C14H20F2N2O. The highest BCUT2D eigenvalue weighted by molar-refractivity contribution is 5.81. The first-order chi connectivity index (χ1) is 8.95. The Kier molecular flexibility index (Phi) is 5.89. The number of nitrogens with zero attached hydrogens (tertiary/aromatic N) is 1. The number of benzene rings is 1. The Morgan fingerprint density at radius 2 is 2.11 bits per heavy atom. The molecule has 0 fully saturated rings. The van der Waals surface area contributed by atoms with Crippen LogP contribution in [0.4, 0.5) is 8.78 Å². The molecule has 0 radical (unpaired) electrons. The minimum Gasteiger partial charge on any atom is -0.340 e. The van der Waals surface area contributed by atoms with Crippen LogP contribution in [0.2, 0.25) is 0 Å². The van der Waals surface area contributed by atoms with Crippen LogP contribution in [-0.4, -0.2) is 23.9 Å². The van der Waals surface area contributed by atoms with Crippen molar-refractivity contribution in [3.05, 3.63) is 35.4 Å². The van der Waals surface area contributed by atoms with Crippen LogP contribution in [0.3, 0.4) is 0 Å². The van der Waals surface area contributed by atoms with Crippen LogP contribution < -0.4 is 5.73 Å². The molecule has 0 aliphatic rings. The fraction of sp³-hybridized carbons (Fsp3) is 0.500. The standard InChI is InChI=1S/C14H20F2N2O/c1-3-4-5-13(17)14(19)18(2)9-10-6-7-11(15)8-12(10)16/h6-8,13H,3-5,9,17H2,1-2H3/t13-/m0/s1. The Balaban J connectivity index is 2.63. The maximum atomic E-state index is 13.5. The second-order valence-electron chi connectivity index (χ2n) is 4.68. The van der Waals surface area contributed by atoms with Gasteiger partial charge in [-0.15, -0.1) is 0 Å². The summed E-state index contributed by atoms with van der Waals surface area (Å²) in [7, 11) is 1.57. The van der Waals surface area contributed by atoms with E-state index in [1.165, 1.54) is 17.0 Å². The Hall–Kier alpha value is -1.49. The number of carbonyl (C=O) groups excluding carboxylic acids is 1. The zero-order valence-corrected chi connectivity index (χ0v) is 11.3. The van der Waals surface area contributed by atoms with Crippen molar-refractivity contribution >= 4 is 5.91 Å². The number of nitrogens with two attached hydrogens (primary N) is 1. The van der Waals surface area contributed by atoms with Gasteiger partial charge in [0.2, 0.25) is 5.91 Å². The van der Waals surface area contributed by atoms with Gasteiger partial charge >= 0.3 is 0 Å². The summed E-state index contributed by atoms with van der Waals surface area (Å²) < 4.78 is 26.2. The van der Waals surface area contributed by atoms with E-state index in [2.05, 4.69) is 0 Å². The molecule has 1 atom stereocenters. The van der Waals surface area contributed by atoms with Crippen LogP contribution in [0, 0.1) is 11.6 Å². The molecule has 0 aliphatic heterocycles. The van der Waals surface area contributed by atoms with E-state index in [0.717, 1.165) is 18.9 Å². The molecule has 1 aromatic carbocycles. The van der Waals surface area contributed by atoms with Crippen LogP contribution in [0.15, 0.2) is 18.2 Å². The summed E-state index contributed by atoms with van der Waals surface area (Å²) in [6, 6.07) is 2.76. The number of likely N-dealkylation sites (N-methyl/N-ethyl adjacent to an activating group) is 1. The number of carbonyl (C=O) groups is 1. The van der Waals surface area contributed by atoms with Gasteiger partial charge in [0.1, 0.15) is 11.6 Å². The molecule has 0 bridgehead atoms. The van der Waals surface area contributed by atoms with Crippen LogP contribution in [0.25, 0.3) is 0 Å². The lowest BCUT2D eigenvalue weighted by molar-refractivity contribution is -0.132. The van der Waals surface area contributed by atoms with Gasteiger partial charge in [-0.05, 0) is 12.5 Å². The number of halogens is 2. The maximum absolute atomic E-state index is 13.5. The minimum atomic E-state index is -0.651. The van der Waals surface area contributed by atoms with Crippen molar-refractivity contribution in [2.45, 2.75) is 38.8 Å². The van der Waals surface area contributed by atoms with Gasteiger partial charge in [0.15, 0.2) is 0 Å². The van der Waals surface area contributed by atoms with Crippen LogP contribution in [-0.2, 0) is 11.3 Å². The van der Waals surface area contributed by atoms with Crippen LogP contribution in [0.5, 0.6) is 0 Å². The molecule has 2 N–H and O–H groups in total. The average Bonchev–Trinajstić information content (AvgIpc) is 2.38. The summed E-state index contributed by atoms with van der Waals surface area (Å²) in [4.78, 5) is 13.3. The van der Waals surface area contributed by atoms with Gasteiger partial charge in [-0.25, -0.2) is 8.78 Å². The van der Waals surface area contributed by atoms with Crippen molar-refractivity contribution in [3.8, 4) is 0 Å². The first kappa shape index (κ1) is 15.6. The molecule has 0 saturated carbocycles. The van der Waals surface area contributed by atoms with Crippen molar-refractivity contribution < 1.29 is 13.6 Å². The fourth-order valence-electron chi connectivity index (χ4n) is 1.81. The van der Waals surface area contributed by atoms with Gasteiger partial charge in [0.25, 0.3) is 0 Å². The van der Waals surface area contributed by atoms with Gasteiger partial charge in [0, 0.05) is 25.2 Å². The number of amides is 1. The van der Waals surface area contributed by atoms with E-state index in [1.54, 1.807) is 7.05 Å². The highest BCUT2D eigenvalue weighted by Gasteiger charge is 2.18. The predicted octanol–water partition coefficient (Wildman–Crippen LogP) is 2.44. The van der Waals surface area contributed by atoms with E-state index in [-0.39, 0.29) is 18.0 Å². The number of hydrogen-bond donors (Lipinski definition) is 1. The smallest absolute Gasteiger partial charge is 0.239 e. The van der Waals surface area contributed by atoms with E-state index in [0.29, 0.717) is 6.42 Å². The maximum Gasteiger partial charge on any atom is 0.239 e. The first-order valence-electron chi connectivity index (χ1n) is 6.40. The zero-order valence-electron chi connectivity index (χ0n) is 11.3. The molecule has 106 valence electrons. The Morgan fingerprint density at radius 3 is 2.68 bits per heavy atom. The van der Waals surface area contributed by atoms with Crippen molar-refractivity contribution in [2.75, 3.05) is 7.05 Å². The largest absolute Gasteiger partial charge is 0.340 e. The van der Waals surface area contributed by atoms with E-state index in [4.69, 9.17) is 5.73 Å². The molecule has 1 rings (SSSR count). The third-order valence-corrected chi connectivity index (χ3v) is 2.98. The fourth-order valence-corrected chi connectivity index (χ4v) is 1.81. The first-order valence-corrected chi connectivity index (χ1v) is 6.40.